The Morgan fingerprint density at radius 1 is 1.25 bits per heavy atom. The van der Waals surface area contributed by atoms with E-state index in [1.54, 1.807) is 12.1 Å². The third-order valence-corrected chi connectivity index (χ3v) is 2.90. The summed E-state index contributed by atoms with van der Waals surface area (Å²) < 4.78 is 0. The highest BCUT2D eigenvalue weighted by Crippen LogP contribution is 2.07. The minimum Gasteiger partial charge on any atom is -0.480 e. The summed E-state index contributed by atoms with van der Waals surface area (Å²) in [6.45, 7) is 2.69. The Morgan fingerprint density at radius 3 is 2.30 bits per heavy atom. The van der Waals surface area contributed by atoms with Gasteiger partial charge in [0, 0.05) is 12.1 Å². The third kappa shape index (κ3) is 5.01. The van der Waals surface area contributed by atoms with Gasteiger partial charge in [0.2, 0.25) is 0 Å². The van der Waals surface area contributed by atoms with Crippen LogP contribution in [0.1, 0.15) is 35.7 Å². The molecule has 1 aromatic rings. The molecule has 0 aliphatic carbocycles. The Balaban J connectivity index is 2.69. The summed E-state index contributed by atoms with van der Waals surface area (Å²) >= 11 is 0. The number of hydrogen-bond donors (Lipinski definition) is 2. The number of amides is 1. The van der Waals surface area contributed by atoms with Gasteiger partial charge in [-0.2, -0.15) is 0 Å². The monoisotopic (exact) mass is 278 g/mol. The van der Waals surface area contributed by atoms with Crippen LogP contribution < -0.4 is 5.32 Å². The first-order valence-corrected chi connectivity index (χ1v) is 6.71. The SMILES string of the molecule is CCC[C@@H](NC(=O)c1ccc(CN(C)C)cc1)C(=O)O. The molecule has 0 aromatic heterocycles. The average Bonchev–Trinajstić information content (AvgIpc) is 2.38. The van der Waals surface area contributed by atoms with E-state index >= 15 is 0 Å². The molecule has 0 heterocycles. The molecule has 0 fully saturated rings. The van der Waals surface area contributed by atoms with Crippen LogP contribution in [0.5, 0.6) is 0 Å². The minimum absolute atomic E-state index is 0.345. The van der Waals surface area contributed by atoms with E-state index in [0.29, 0.717) is 18.4 Å². The zero-order chi connectivity index (χ0) is 15.1. The quantitative estimate of drug-likeness (QED) is 0.797. The van der Waals surface area contributed by atoms with E-state index in [0.717, 1.165) is 12.1 Å². The molecule has 0 saturated heterocycles. The van der Waals surface area contributed by atoms with E-state index in [4.69, 9.17) is 5.11 Å². The molecule has 110 valence electrons. The first-order chi connectivity index (χ1) is 9.43. The van der Waals surface area contributed by atoms with Gasteiger partial charge >= 0.3 is 5.97 Å². The highest BCUT2D eigenvalue weighted by Gasteiger charge is 2.19. The first-order valence-electron chi connectivity index (χ1n) is 6.71. The van der Waals surface area contributed by atoms with E-state index in [1.165, 1.54) is 0 Å². The van der Waals surface area contributed by atoms with Crippen molar-refractivity contribution >= 4 is 11.9 Å². The van der Waals surface area contributed by atoms with Crippen LogP contribution in [0.2, 0.25) is 0 Å². The number of rotatable bonds is 7. The highest BCUT2D eigenvalue weighted by atomic mass is 16.4. The van der Waals surface area contributed by atoms with Gasteiger partial charge in [-0.3, -0.25) is 4.79 Å². The van der Waals surface area contributed by atoms with Crippen molar-refractivity contribution in [1.82, 2.24) is 10.2 Å². The number of hydrogen-bond acceptors (Lipinski definition) is 3. The number of carbonyl (C=O) groups excluding carboxylic acids is 1. The first kappa shape index (κ1) is 16.2. The summed E-state index contributed by atoms with van der Waals surface area (Å²) in [5.74, 6) is -1.34. The van der Waals surface area contributed by atoms with Gasteiger partial charge in [0.15, 0.2) is 0 Å². The number of benzene rings is 1. The lowest BCUT2D eigenvalue weighted by atomic mass is 10.1. The molecule has 1 aromatic carbocycles. The molecular weight excluding hydrogens is 256 g/mol. The molecule has 0 unspecified atom stereocenters. The van der Waals surface area contributed by atoms with Crippen molar-refractivity contribution in [3.8, 4) is 0 Å². The topological polar surface area (TPSA) is 69.6 Å². The zero-order valence-electron chi connectivity index (χ0n) is 12.2. The smallest absolute Gasteiger partial charge is 0.326 e. The van der Waals surface area contributed by atoms with Crippen LogP contribution in [0.15, 0.2) is 24.3 Å². The fourth-order valence-corrected chi connectivity index (χ4v) is 1.91. The highest BCUT2D eigenvalue weighted by molar-refractivity contribution is 5.96. The Kier molecular flexibility index (Phi) is 6.18. The zero-order valence-corrected chi connectivity index (χ0v) is 12.2. The molecule has 0 aliphatic heterocycles. The van der Waals surface area contributed by atoms with Gasteiger partial charge in [-0.1, -0.05) is 25.5 Å². The average molecular weight is 278 g/mol. The van der Waals surface area contributed by atoms with Crippen molar-refractivity contribution in [3.05, 3.63) is 35.4 Å². The van der Waals surface area contributed by atoms with Gasteiger partial charge < -0.3 is 15.3 Å². The molecule has 0 radical (unpaired) electrons. The van der Waals surface area contributed by atoms with E-state index < -0.39 is 12.0 Å². The van der Waals surface area contributed by atoms with Crippen LogP contribution in [-0.4, -0.2) is 42.0 Å². The number of aliphatic carboxylic acids is 1. The van der Waals surface area contributed by atoms with Gasteiger partial charge in [-0.25, -0.2) is 4.79 Å². The molecule has 0 spiro atoms. The Labute approximate surface area is 119 Å². The molecule has 20 heavy (non-hydrogen) atoms. The fourth-order valence-electron chi connectivity index (χ4n) is 1.91. The predicted octanol–water partition coefficient (Wildman–Crippen LogP) is 1.73. The second kappa shape index (κ2) is 7.65. The van der Waals surface area contributed by atoms with Crippen LogP contribution in [-0.2, 0) is 11.3 Å². The number of carboxylic acid groups (broad SMARTS) is 1. The summed E-state index contributed by atoms with van der Waals surface area (Å²) in [4.78, 5) is 25.0. The van der Waals surface area contributed by atoms with Crippen molar-refractivity contribution in [2.24, 2.45) is 0 Å². The summed E-state index contributed by atoms with van der Waals surface area (Å²) in [5, 5.41) is 11.6. The molecule has 1 amide bonds. The van der Waals surface area contributed by atoms with Crippen LogP contribution >= 0.6 is 0 Å². The lowest BCUT2D eigenvalue weighted by Crippen LogP contribution is -2.40. The molecule has 0 aliphatic rings. The summed E-state index contributed by atoms with van der Waals surface area (Å²) in [6.07, 6.45) is 1.14. The molecule has 1 atom stereocenters. The van der Waals surface area contributed by atoms with E-state index in [1.807, 2.05) is 38.1 Å². The predicted molar refractivity (Wildman–Crippen MR) is 77.6 cm³/mol. The van der Waals surface area contributed by atoms with Gasteiger partial charge in [-0.15, -0.1) is 0 Å². The molecule has 5 nitrogen and oxygen atoms in total. The largest absolute Gasteiger partial charge is 0.480 e. The number of nitrogens with zero attached hydrogens (tertiary/aromatic N) is 1. The standard InChI is InChI=1S/C15H22N2O3/c1-4-5-13(15(19)20)16-14(18)12-8-6-11(7-9-12)10-17(2)3/h6-9,13H,4-5,10H2,1-3H3,(H,16,18)(H,19,20)/t13-/m1/s1. The molecule has 0 bridgehead atoms. The summed E-state index contributed by atoms with van der Waals surface area (Å²) in [7, 11) is 3.95. The second-order valence-electron chi connectivity index (χ2n) is 5.09. The van der Waals surface area contributed by atoms with E-state index in [2.05, 4.69) is 5.32 Å². The van der Waals surface area contributed by atoms with Crippen LogP contribution in [0.3, 0.4) is 0 Å². The maximum atomic E-state index is 12.0. The van der Waals surface area contributed by atoms with E-state index in [-0.39, 0.29) is 5.91 Å². The van der Waals surface area contributed by atoms with Crippen LogP contribution in [0, 0.1) is 0 Å². The third-order valence-electron chi connectivity index (χ3n) is 2.90. The summed E-state index contributed by atoms with van der Waals surface area (Å²) in [6, 6.07) is 6.38. The van der Waals surface area contributed by atoms with Gasteiger partial charge in [-0.05, 0) is 38.2 Å². The molecule has 0 saturated carbocycles. The Bertz CT molecular complexity index is 455. The Morgan fingerprint density at radius 2 is 1.85 bits per heavy atom. The molecule has 5 heteroatoms. The fraction of sp³-hybridized carbons (Fsp3) is 0.467. The van der Waals surface area contributed by atoms with Gasteiger partial charge in [0.1, 0.15) is 6.04 Å². The van der Waals surface area contributed by atoms with Crippen molar-refractivity contribution in [1.29, 1.82) is 0 Å². The Hall–Kier alpha value is -1.88. The van der Waals surface area contributed by atoms with Crippen molar-refractivity contribution in [2.75, 3.05) is 14.1 Å². The lowest BCUT2D eigenvalue weighted by molar-refractivity contribution is -0.139. The van der Waals surface area contributed by atoms with Crippen molar-refractivity contribution < 1.29 is 14.7 Å². The maximum Gasteiger partial charge on any atom is 0.326 e. The van der Waals surface area contributed by atoms with Gasteiger partial charge in [0.25, 0.3) is 5.91 Å². The van der Waals surface area contributed by atoms with Crippen molar-refractivity contribution in [2.45, 2.75) is 32.4 Å². The van der Waals surface area contributed by atoms with Gasteiger partial charge in [0.05, 0.1) is 0 Å². The number of carboxylic acids is 1. The van der Waals surface area contributed by atoms with Crippen LogP contribution in [0.25, 0.3) is 0 Å². The molecule has 1 rings (SSSR count). The van der Waals surface area contributed by atoms with Crippen LogP contribution in [0.4, 0.5) is 0 Å². The number of carbonyl (C=O) groups is 2. The summed E-state index contributed by atoms with van der Waals surface area (Å²) in [5.41, 5.74) is 1.59. The lowest BCUT2D eigenvalue weighted by Gasteiger charge is -2.14. The minimum atomic E-state index is -0.996. The second-order valence-corrected chi connectivity index (χ2v) is 5.09. The van der Waals surface area contributed by atoms with Crippen molar-refractivity contribution in [3.63, 3.8) is 0 Å². The maximum absolute atomic E-state index is 12.0. The molecule has 2 N–H and O–H groups in total. The molecular formula is C15H22N2O3. The normalized spacial score (nSPS) is 12.2. The van der Waals surface area contributed by atoms with E-state index in [9.17, 15) is 9.59 Å². The number of nitrogens with one attached hydrogen (secondary N) is 1.